The Morgan fingerprint density at radius 2 is 2.14 bits per heavy atom. The van der Waals surface area contributed by atoms with Crippen LogP contribution >= 0.6 is 0 Å². The molecule has 0 spiro atoms. The molecule has 7 heteroatoms. The first-order valence-electron chi connectivity index (χ1n) is 9.80. The summed E-state index contributed by atoms with van der Waals surface area (Å²) in [6.07, 6.45) is 2.87. The first-order chi connectivity index (χ1) is 14.2. The first-order valence-corrected chi connectivity index (χ1v) is 9.80. The first kappa shape index (κ1) is 19.1. The molecule has 1 fully saturated rings. The molecular formula is C22H25N5O2. The van der Waals surface area contributed by atoms with Crippen molar-refractivity contribution in [1.82, 2.24) is 25.4 Å². The van der Waals surface area contributed by atoms with Crippen molar-refractivity contribution in [3.05, 3.63) is 77.4 Å². The largest absolute Gasteiger partial charge is 0.496 e. The fourth-order valence-corrected chi connectivity index (χ4v) is 3.73. The molecule has 1 atom stereocenters. The molecule has 0 radical (unpaired) electrons. The van der Waals surface area contributed by atoms with Crippen LogP contribution in [-0.4, -0.2) is 46.2 Å². The molecular weight excluding hydrogens is 366 g/mol. The summed E-state index contributed by atoms with van der Waals surface area (Å²) in [7, 11) is 1.62. The standard InChI is InChI=1S/C22H25N5O2/c1-29-21-8-3-2-6-16(21)13-24-22(28)20-12-19(25-26-20)17-9-11-27(14-17)15-18-7-4-5-10-23-18/h2-8,10,12,17H,9,11,13-15H2,1H3,(H,24,28)(H,25,26). The van der Waals surface area contributed by atoms with Crippen molar-refractivity contribution >= 4 is 5.91 Å². The summed E-state index contributed by atoms with van der Waals surface area (Å²) < 4.78 is 5.33. The fraction of sp³-hybridized carbons (Fsp3) is 0.318. The smallest absolute Gasteiger partial charge is 0.272 e. The zero-order valence-corrected chi connectivity index (χ0v) is 16.5. The third-order valence-corrected chi connectivity index (χ3v) is 5.29. The van der Waals surface area contributed by atoms with Crippen LogP contribution < -0.4 is 10.1 Å². The molecule has 1 unspecified atom stereocenters. The van der Waals surface area contributed by atoms with Crippen molar-refractivity contribution < 1.29 is 9.53 Å². The molecule has 2 aromatic heterocycles. The Balaban J connectivity index is 1.33. The summed E-state index contributed by atoms with van der Waals surface area (Å²) in [5, 5.41) is 10.2. The third kappa shape index (κ3) is 4.63. The molecule has 0 saturated carbocycles. The Bertz CT molecular complexity index is 957. The molecule has 2 N–H and O–H groups in total. The zero-order valence-electron chi connectivity index (χ0n) is 16.5. The van der Waals surface area contributed by atoms with Crippen LogP contribution in [0.1, 0.15) is 39.8 Å². The summed E-state index contributed by atoms with van der Waals surface area (Å²) in [5.74, 6) is 0.915. The lowest BCUT2D eigenvalue weighted by Gasteiger charge is -2.14. The van der Waals surface area contributed by atoms with Crippen LogP contribution in [0.15, 0.2) is 54.7 Å². The van der Waals surface area contributed by atoms with Gasteiger partial charge in [0.1, 0.15) is 11.4 Å². The van der Waals surface area contributed by atoms with Gasteiger partial charge in [0.05, 0.1) is 12.8 Å². The Morgan fingerprint density at radius 1 is 1.28 bits per heavy atom. The van der Waals surface area contributed by atoms with Crippen molar-refractivity contribution in [1.29, 1.82) is 0 Å². The normalized spacial score (nSPS) is 16.7. The number of nitrogens with zero attached hydrogens (tertiary/aromatic N) is 3. The number of H-pyrrole nitrogens is 1. The van der Waals surface area contributed by atoms with E-state index in [-0.39, 0.29) is 5.91 Å². The summed E-state index contributed by atoms with van der Waals surface area (Å²) in [6.45, 7) is 3.18. The highest BCUT2D eigenvalue weighted by atomic mass is 16.5. The van der Waals surface area contributed by atoms with Gasteiger partial charge < -0.3 is 10.1 Å². The Kier molecular flexibility index (Phi) is 5.86. The number of hydrogen-bond acceptors (Lipinski definition) is 5. The van der Waals surface area contributed by atoms with Gasteiger partial charge in [0, 0.05) is 43.0 Å². The van der Waals surface area contributed by atoms with Gasteiger partial charge in [-0.15, -0.1) is 0 Å². The number of nitrogens with one attached hydrogen (secondary N) is 2. The van der Waals surface area contributed by atoms with E-state index in [0.717, 1.165) is 48.8 Å². The zero-order chi connectivity index (χ0) is 20.1. The van der Waals surface area contributed by atoms with E-state index < -0.39 is 0 Å². The van der Waals surface area contributed by atoms with Crippen LogP contribution in [0.5, 0.6) is 5.75 Å². The third-order valence-electron chi connectivity index (χ3n) is 5.29. The topological polar surface area (TPSA) is 83.1 Å². The molecule has 1 amide bonds. The van der Waals surface area contributed by atoms with Gasteiger partial charge >= 0.3 is 0 Å². The van der Waals surface area contributed by atoms with Crippen molar-refractivity contribution in [2.45, 2.75) is 25.4 Å². The van der Waals surface area contributed by atoms with E-state index in [1.165, 1.54) is 0 Å². The molecule has 29 heavy (non-hydrogen) atoms. The number of ether oxygens (including phenoxy) is 1. The number of aromatic amines is 1. The highest BCUT2D eigenvalue weighted by Crippen LogP contribution is 2.27. The van der Waals surface area contributed by atoms with E-state index in [4.69, 9.17) is 4.74 Å². The second-order valence-corrected chi connectivity index (χ2v) is 7.24. The average molecular weight is 391 g/mol. The number of rotatable bonds is 7. The minimum atomic E-state index is -0.193. The van der Waals surface area contributed by atoms with Crippen LogP contribution in [0.3, 0.4) is 0 Å². The minimum absolute atomic E-state index is 0.193. The SMILES string of the molecule is COc1ccccc1CNC(=O)c1cc(C2CCN(Cc3ccccn3)C2)[nH]n1. The number of amides is 1. The van der Waals surface area contributed by atoms with Crippen molar-refractivity contribution in [3.8, 4) is 5.75 Å². The van der Waals surface area contributed by atoms with Crippen LogP contribution in [0.4, 0.5) is 0 Å². The highest BCUT2D eigenvalue weighted by molar-refractivity contribution is 5.92. The molecule has 3 aromatic rings. The lowest BCUT2D eigenvalue weighted by atomic mass is 10.0. The lowest BCUT2D eigenvalue weighted by Crippen LogP contribution is -2.23. The number of benzene rings is 1. The Morgan fingerprint density at radius 3 is 2.97 bits per heavy atom. The second-order valence-electron chi connectivity index (χ2n) is 7.24. The van der Waals surface area contributed by atoms with Gasteiger partial charge in [-0.2, -0.15) is 5.10 Å². The van der Waals surface area contributed by atoms with Crippen LogP contribution in [0, 0.1) is 0 Å². The van der Waals surface area contributed by atoms with Gasteiger partial charge in [0.25, 0.3) is 5.91 Å². The fourth-order valence-electron chi connectivity index (χ4n) is 3.73. The minimum Gasteiger partial charge on any atom is -0.496 e. The molecule has 7 nitrogen and oxygen atoms in total. The van der Waals surface area contributed by atoms with E-state index in [0.29, 0.717) is 18.2 Å². The maximum absolute atomic E-state index is 12.5. The number of carbonyl (C=O) groups is 1. The van der Waals surface area contributed by atoms with Crippen molar-refractivity contribution in [2.24, 2.45) is 0 Å². The highest BCUT2D eigenvalue weighted by Gasteiger charge is 2.26. The van der Waals surface area contributed by atoms with E-state index in [2.05, 4.69) is 25.4 Å². The molecule has 1 aliphatic rings. The molecule has 150 valence electrons. The van der Waals surface area contributed by atoms with Gasteiger partial charge in [0.2, 0.25) is 0 Å². The maximum atomic E-state index is 12.5. The summed E-state index contributed by atoms with van der Waals surface area (Å²) >= 11 is 0. The molecule has 1 saturated heterocycles. The van der Waals surface area contributed by atoms with Crippen LogP contribution in [0.25, 0.3) is 0 Å². The molecule has 3 heterocycles. The van der Waals surface area contributed by atoms with E-state index in [9.17, 15) is 4.79 Å². The average Bonchev–Trinajstić information content (AvgIpc) is 3.43. The summed E-state index contributed by atoms with van der Waals surface area (Å²) in [5.41, 5.74) is 3.43. The van der Waals surface area contributed by atoms with Crippen molar-refractivity contribution in [3.63, 3.8) is 0 Å². The maximum Gasteiger partial charge on any atom is 0.272 e. The number of methoxy groups -OCH3 is 1. The van der Waals surface area contributed by atoms with E-state index >= 15 is 0 Å². The van der Waals surface area contributed by atoms with Crippen molar-refractivity contribution in [2.75, 3.05) is 20.2 Å². The number of pyridine rings is 1. The molecule has 1 aliphatic heterocycles. The van der Waals surface area contributed by atoms with E-state index in [1.807, 2.05) is 54.7 Å². The van der Waals surface area contributed by atoms with Gasteiger partial charge in [0.15, 0.2) is 0 Å². The molecule has 0 bridgehead atoms. The Hall–Kier alpha value is -3.19. The summed E-state index contributed by atoms with van der Waals surface area (Å²) in [6, 6.07) is 15.5. The predicted molar refractivity (Wildman–Crippen MR) is 110 cm³/mol. The quantitative estimate of drug-likeness (QED) is 0.647. The molecule has 1 aromatic carbocycles. The summed E-state index contributed by atoms with van der Waals surface area (Å²) in [4.78, 5) is 19.3. The molecule has 0 aliphatic carbocycles. The van der Waals surface area contributed by atoms with Crippen LogP contribution in [0.2, 0.25) is 0 Å². The lowest BCUT2D eigenvalue weighted by molar-refractivity contribution is 0.0945. The van der Waals surface area contributed by atoms with Gasteiger partial charge in [-0.25, -0.2) is 0 Å². The number of aromatic nitrogens is 3. The number of likely N-dealkylation sites (tertiary alicyclic amines) is 1. The monoisotopic (exact) mass is 391 g/mol. The number of hydrogen-bond donors (Lipinski definition) is 2. The van der Waals surface area contributed by atoms with Gasteiger partial charge in [-0.1, -0.05) is 24.3 Å². The van der Waals surface area contributed by atoms with Gasteiger partial charge in [-0.05, 0) is 37.2 Å². The van der Waals surface area contributed by atoms with Gasteiger partial charge in [-0.3, -0.25) is 19.8 Å². The molecule has 4 rings (SSSR count). The van der Waals surface area contributed by atoms with E-state index in [1.54, 1.807) is 7.11 Å². The second kappa shape index (κ2) is 8.87. The number of carbonyl (C=O) groups excluding carboxylic acids is 1. The Labute approximate surface area is 170 Å². The van der Waals surface area contributed by atoms with Crippen LogP contribution in [-0.2, 0) is 13.1 Å². The predicted octanol–water partition coefficient (Wildman–Crippen LogP) is 2.73. The number of para-hydroxylation sites is 1.